The van der Waals surface area contributed by atoms with Crippen LogP contribution in [0.3, 0.4) is 0 Å². The summed E-state index contributed by atoms with van der Waals surface area (Å²) in [5, 5.41) is 2.94. The minimum absolute atomic E-state index is 0.129. The highest BCUT2D eigenvalue weighted by molar-refractivity contribution is 7.99. The maximum Gasteiger partial charge on any atom is 0.220 e. The number of carbonyl (C=O) groups is 1. The molecule has 0 saturated heterocycles. The molecule has 0 atom stereocenters. The third-order valence-corrected chi connectivity index (χ3v) is 3.78. The van der Waals surface area contributed by atoms with Crippen molar-refractivity contribution >= 4 is 17.7 Å². The van der Waals surface area contributed by atoms with Gasteiger partial charge in [-0.2, -0.15) is 0 Å². The van der Waals surface area contributed by atoms with Crippen LogP contribution in [0.25, 0.3) is 0 Å². The Morgan fingerprint density at radius 1 is 1.30 bits per heavy atom. The van der Waals surface area contributed by atoms with Gasteiger partial charge >= 0.3 is 0 Å². The van der Waals surface area contributed by atoms with Gasteiger partial charge in [-0.1, -0.05) is 0 Å². The zero-order valence-electron chi connectivity index (χ0n) is 12.5. The Balaban J connectivity index is 2.11. The van der Waals surface area contributed by atoms with Crippen molar-refractivity contribution in [2.24, 2.45) is 0 Å². The van der Waals surface area contributed by atoms with E-state index < -0.39 is 0 Å². The van der Waals surface area contributed by atoms with Crippen molar-refractivity contribution in [3.8, 4) is 5.75 Å². The number of ether oxygens (including phenoxy) is 1. The molecule has 1 amide bonds. The summed E-state index contributed by atoms with van der Waals surface area (Å²) < 4.78 is 5.11. The number of nitrogens with one attached hydrogen (secondary N) is 1. The predicted molar refractivity (Wildman–Crippen MR) is 84.5 cm³/mol. The first kappa shape index (κ1) is 16.9. The van der Waals surface area contributed by atoms with Crippen molar-refractivity contribution < 1.29 is 9.53 Å². The lowest BCUT2D eigenvalue weighted by molar-refractivity contribution is -0.120. The second kappa shape index (κ2) is 9.66. The molecule has 0 saturated carbocycles. The summed E-state index contributed by atoms with van der Waals surface area (Å²) in [7, 11) is 5.73. The summed E-state index contributed by atoms with van der Waals surface area (Å²) in [6.07, 6.45) is 1.54. The number of carbonyl (C=O) groups excluding carboxylic acids is 1. The molecule has 0 heterocycles. The van der Waals surface area contributed by atoms with E-state index in [9.17, 15) is 4.79 Å². The van der Waals surface area contributed by atoms with Crippen LogP contribution in [0.1, 0.15) is 12.8 Å². The van der Waals surface area contributed by atoms with Gasteiger partial charge in [0.25, 0.3) is 0 Å². The lowest BCUT2D eigenvalue weighted by atomic mass is 10.3. The average molecular weight is 296 g/mol. The smallest absolute Gasteiger partial charge is 0.220 e. The molecule has 4 nitrogen and oxygen atoms in total. The number of hydrogen-bond donors (Lipinski definition) is 1. The third-order valence-electron chi connectivity index (χ3n) is 2.76. The second-order valence-electron chi connectivity index (χ2n) is 4.78. The second-order valence-corrected chi connectivity index (χ2v) is 5.95. The Morgan fingerprint density at radius 2 is 2.00 bits per heavy atom. The fourth-order valence-electron chi connectivity index (χ4n) is 1.65. The largest absolute Gasteiger partial charge is 0.497 e. The van der Waals surface area contributed by atoms with E-state index in [1.54, 1.807) is 18.9 Å². The number of amides is 1. The fraction of sp³-hybridized carbons (Fsp3) is 0.533. The topological polar surface area (TPSA) is 41.6 Å². The van der Waals surface area contributed by atoms with Gasteiger partial charge in [-0.3, -0.25) is 4.79 Å². The summed E-state index contributed by atoms with van der Waals surface area (Å²) in [5.41, 5.74) is 0. The standard InChI is InChI=1S/C15H24N2O2S/c1-17(2)11-4-10-16-15(18)9-12-20-14-7-5-13(19-3)6-8-14/h5-8H,4,9-12H2,1-3H3,(H,16,18). The summed E-state index contributed by atoms with van der Waals surface area (Å²) in [4.78, 5) is 14.9. The molecule has 0 aliphatic heterocycles. The van der Waals surface area contributed by atoms with Crippen molar-refractivity contribution in [1.29, 1.82) is 0 Å². The van der Waals surface area contributed by atoms with Crippen molar-refractivity contribution in [2.75, 3.05) is 40.0 Å². The molecule has 0 aliphatic rings. The van der Waals surface area contributed by atoms with Gasteiger partial charge in [0.1, 0.15) is 5.75 Å². The molecule has 20 heavy (non-hydrogen) atoms. The average Bonchev–Trinajstić information content (AvgIpc) is 2.44. The molecular weight excluding hydrogens is 272 g/mol. The van der Waals surface area contributed by atoms with Gasteiger partial charge in [0, 0.05) is 23.6 Å². The van der Waals surface area contributed by atoms with E-state index in [-0.39, 0.29) is 5.91 Å². The zero-order valence-corrected chi connectivity index (χ0v) is 13.3. The van der Waals surface area contributed by atoms with Gasteiger partial charge in [0.15, 0.2) is 0 Å². The van der Waals surface area contributed by atoms with E-state index in [2.05, 4.69) is 10.2 Å². The van der Waals surface area contributed by atoms with Crippen LogP contribution in [0.15, 0.2) is 29.2 Å². The van der Waals surface area contributed by atoms with Crippen molar-refractivity contribution in [3.05, 3.63) is 24.3 Å². The van der Waals surface area contributed by atoms with Gasteiger partial charge in [0.05, 0.1) is 7.11 Å². The summed E-state index contributed by atoms with van der Waals surface area (Å²) in [6.45, 7) is 1.76. The summed E-state index contributed by atoms with van der Waals surface area (Å²) >= 11 is 1.69. The highest BCUT2D eigenvalue weighted by Gasteiger charge is 2.02. The number of nitrogens with zero attached hydrogens (tertiary/aromatic N) is 1. The van der Waals surface area contributed by atoms with E-state index in [4.69, 9.17) is 4.74 Å². The van der Waals surface area contributed by atoms with Crippen LogP contribution in [-0.4, -0.2) is 50.9 Å². The van der Waals surface area contributed by atoms with E-state index in [1.165, 1.54) is 0 Å². The molecule has 1 aromatic rings. The van der Waals surface area contributed by atoms with Crippen LogP contribution in [0.5, 0.6) is 5.75 Å². The van der Waals surface area contributed by atoms with Gasteiger partial charge < -0.3 is 15.0 Å². The molecule has 0 spiro atoms. The fourth-order valence-corrected chi connectivity index (χ4v) is 2.50. The quantitative estimate of drug-likeness (QED) is 0.560. The van der Waals surface area contributed by atoms with E-state index in [1.807, 2.05) is 38.4 Å². The minimum atomic E-state index is 0.129. The SMILES string of the molecule is COc1ccc(SCCC(=O)NCCCN(C)C)cc1. The van der Waals surface area contributed by atoms with Crippen LogP contribution in [0.2, 0.25) is 0 Å². The van der Waals surface area contributed by atoms with E-state index in [0.717, 1.165) is 35.9 Å². The lowest BCUT2D eigenvalue weighted by Crippen LogP contribution is -2.27. The Morgan fingerprint density at radius 3 is 2.60 bits per heavy atom. The Kier molecular flexibility index (Phi) is 8.14. The first-order valence-corrected chi connectivity index (χ1v) is 7.78. The Bertz CT molecular complexity index is 393. The van der Waals surface area contributed by atoms with Crippen molar-refractivity contribution in [2.45, 2.75) is 17.7 Å². The predicted octanol–water partition coefficient (Wildman–Crippen LogP) is 2.25. The molecule has 0 unspecified atom stereocenters. The number of methoxy groups -OCH3 is 1. The monoisotopic (exact) mass is 296 g/mol. The molecule has 0 fully saturated rings. The third kappa shape index (κ3) is 7.40. The lowest BCUT2D eigenvalue weighted by Gasteiger charge is -2.09. The highest BCUT2D eigenvalue weighted by Crippen LogP contribution is 2.21. The van der Waals surface area contributed by atoms with Gasteiger partial charge in [-0.15, -0.1) is 11.8 Å². The molecule has 1 aromatic carbocycles. The van der Waals surface area contributed by atoms with E-state index >= 15 is 0 Å². The van der Waals surface area contributed by atoms with Crippen LogP contribution < -0.4 is 10.1 Å². The first-order chi connectivity index (χ1) is 9.61. The maximum atomic E-state index is 11.6. The highest BCUT2D eigenvalue weighted by atomic mass is 32.2. The maximum absolute atomic E-state index is 11.6. The molecule has 0 bridgehead atoms. The number of benzene rings is 1. The Labute approximate surface area is 125 Å². The van der Waals surface area contributed by atoms with Gasteiger partial charge in [-0.25, -0.2) is 0 Å². The number of thioether (sulfide) groups is 1. The summed E-state index contributed by atoms with van der Waals surface area (Å²) in [6, 6.07) is 7.89. The van der Waals surface area contributed by atoms with E-state index in [0.29, 0.717) is 6.42 Å². The summed E-state index contributed by atoms with van der Waals surface area (Å²) in [5.74, 6) is 1.78. The molecule has 112 valence electrons. The molecule has 0 radical (unpaired) electrons. The normalized spacial score (nSPS) is 10.6. The van der Waals surface area contributed by atoms with Crippen LogP contribution in [0, 0.1) is 0 Å². The van der Waals surface area contributed by atoms with Crippen molar-refractivity contribution in [3.63, 3.8) is 0 Å². The van der Waals surface area contributed by atoms with Crippen LogP contribution in [-0.2, 0) is 4.79 Å². The van der Waals surface area contributed by atoms with Gasteiger partial charge in [-0.05, 0) is 51.3 Å². The Hall–Kier alpha value is -1.20. The molecular formula is C15H24N2O2S. The van der Waals surface area contributed by atoms with Crippen molar-refractivity contribution in [1.82, 2.24) is 10.2 Å². The molecule has 1 rings (SSSR count). The van der Waals surface area contributed by atoms with Crippen LogP contribution >= 0.6 is 11.8 Å². The first-order valence-electron chi connectivity index (χ1n) is 6.80. The van der Waals surface area contributed by atoms with Gasteiger partial charge in [0.2, 0.25) is 5.91 Å². The molecule has 0 aliphatic carbocycles. The minimum Gasteiger partial charge on any atom is -0.497 e. The molecule has 5 heteroatoms. The molecule has 0 aromatic heterocycles. The number of hydrogen-bond acceptors (Lipinski definition) is 4. The number of rotatable bonds is 9. The van der Waals surface area contributed by atoms with Crippen LogP contribution in [0.4, 0.5) is 0 Å². The molecule has 1 N–H and O–H groups in total. The zero-order chi connectivity index (χ0) is 14.8.